The fourth-order valence-electron chi connectivity index (χ4n) is 8.76. The summed E-state index contributed by atoms with van der Waals surface area (Å²) in [7, 11) is 0. The van der Waals surface area contributed by atoms with Crippen LogP contribution in [0.15, 0.2) is 65.7 Å². The van der Waals surface area contributed by atoms with Gasteiger partial charge >= 0.3 is 5.97 Å². The molecule has 4 rings (SSSR count). The molecule has 10 amide bonds. The molecule has 0 saturated carbocycles. The van der Waals surface area contributed by atoms with Crippen LogP contribution < -0.4 is 54.8 Å². The van der Waals surface area contributed by atoms with Crippen LogP contribution in [0.1, 0.15) is 89.2 Å². The summed E-state index contributed by atoms with van der Waals surface area (Å²) in [6.07, 6.45) is 2.06. The number of carbonyl (C=O) groups excluding carboxylic acids is 10. The van der Waals surface area contributed by atoms with E-state index >= 15 is 0 Å². The third-order valence-electron chi connectivity index (χ3n) is 12.9. The van der Waals surface area contributed by atoms with E-state index in [1.165, 1.54) is 53.4 Å². The van der Waals surface area contributed by atoms with E-state index in [0.29, 0.717) is 30.4 Å². The Morgan fingerprint density at radius 1 is 0.646 bits per heavy atom. The van der Waals surface area contributed by atoms with Gasteiger partial charge in [-0.3, -0.25) is 62.6 Å². The smallest absolute Gasteiger partial charge is 0.305 e. The molecular formula is C52H73N13O14. The molecule has 27 nitrogen and oxygen atoms in total. The van der Waals surface area contributed by atoms with Gasteiger partial charge in [0.25, 0.3) is 11.8 Å². The van der Waals surface area contributed by atoms with Crippen molar-refractivity contribution in [2.24, 2.45) is 33.8 Å². The summed E-state index contributed by atoms with van der Waals surface area (Å²) >= 11 is 0. The number of carboxylic acids is 1. The number of imide groups is 1. The quantitative estimate of drug-likeness (QED) is 0.0153. The van der Waals surface area contributed by atoms with Gasteiger partial charge < -0.3 is 75.1 Å². The van der Waals surface area contributed by atoms with Crippen LogP contribution >= 0.6 is 0 Å². The van der Waals surface area contributed by atoms with E-state index < -0.39 is 114 Å². The molecule has 79 heavy (non-hydrogen) atoms. The number of hydrogen-bond acceptors (Lipinski definition) is 15. The number of benzene rings is 2. The number of carboxylic acid groups (broad SMARTS) is 1. The Morgan fingerprint density at radius 2 is 1.13 bits per heavy atom. The first-order valence-corrected chi connectivity index (χ1v) is 25.9. The lowest BCUT2D eigenvalue weighted by Crippen LogP contribution is -2.60. The highest BCUT2D eigenvalue weighted by atomic mass is 16.4. The third kappa shape index (κ3) is 20.7. The third-order valence-corrected chi connectivity index (χ3v) is 12.9. The van der Waals surface area contributed by atoms with Crippen molar-refractivity contribution in [1.29, 1.82) is 0 Å². The zero-order valence-corrected chi connectivity index (χ0v) is 44.2. The second-order valence-corrected chi connectivity index (χ2v) is 19.6. The minimum Gasteiger partial charge on any atom is -0.508 e. The van der Waals surface area contributed by atoms with Gasteiger partial charge in [-0.15, -0.1) is 0 Å². The number of unbranched alkanes of at least 4 members (excludes halogenated alkanes) is 1. The Balaban J connectivity index is 1.56. The summed E-state index contributed by atoms with van der Waals surface area (Å²) in [4.78, 5) is 153. The summed E-state index contributed by atoms with van der Waals surface area (Å²) in [6.45, 7) is 3.79. The molecular weight excluding hydrogens is 1030 g/mol. The molecule has 0 aromatic heterocycles. The number of amides is 10. The number of carbonyl (C=O) groups is 11. The number of nitrogens with one attached hydrogen (secondary N) is 6. The topological polar surface area (TPSA) is 444 Å². The van der Waals surface area contributed by atoms with Crippen molar-refractivity contribution in [1.82, 2.24) is 41.7 Å². The van der Waals surface area contributed by atoms with Crippen molar-refractivity contribution >= 4 is 71.0 Å². The van der Waals surface area contributed by atoms with Crippen LogP contribution in [-0.2, 0) is 65.6 Å². The van der Waals surface area contributed by atoms with Crippen molar-refractivity contribution in [2.75, 3.05) is 26.2 Å². The van der Waals surface area contributed by atoms with Gasteiger partial charge in [-0.2, -0.15) is 0 Å². The average molecular weight is 1100 g/mol. The number of aliphatic carboxylic acids is 1. The zero-order valence-electron chi connectivity index (χ0n) is 44.2. The Hall–Kier alpha value is -8.62. The van der Waals surface area contributed by atoms with Crippen LogP contribution in [0.3, 0.4) is 0 Å². The highest BCUT2D eigenvalue weighted by Gasteiger charge is 2.38. The predicted molar refractivity (Wildman–Crippen MR) is 284 cm³/mol. The van der Waals surface area contributed by atoms with Crippen molar-refractivity contribution in [3.63, 3.8) is 0 Å². The Labute approximate surface area is 456 Å². The van der Waals surface area contributed by atoms with Crippen LogP contribution in [0.4, 0.5) is 0 Å². The molecule has 0 bridgehead atoms. The Kier molecular flexibility index (Phi) is 24.6. The van der Waals surface area contributed by atoms with Gasteiger partial charge in [-0.1, -0.05) is 38.1 Å². The number of aliphatic imine (C=N–C) groups is 1. The number of primary amides is 1. The van der Waals surface area contributed by atoms with Crippen LogP contribution in [0, 0.1) is 5.92 Å². The molecule has 0 aliphatic carbocycles. The van der Waals surface area contributed by atoms with Crippen LogP contribution in [0.25, 0.3) is 0 Å². The normalized spacial score (nSPS) is 16.2. The van der Waals surface area contributed by atoms with Crippen molar-refractivity contribution < 1.29 is 68.1 Å². The number of nitrogens with two attached hydrogens (primary N) is 4. The zero-order chi connectivity index (χ0) is 58.3. The summed E-state index contributed by atoms with van der Waals surface area (Å²) in [5, 5.41) is 44.9. The monoisotopic (exact) mass is 1100 g/mol. The fourth-order valence-corrected chi connectivity index (χ4v) is 8.76. The largest absolute Gasteiger partial charge is 0.508 e. The number of nitrogens with zero attached hydrogens (tertiary/aromatic N) is 3. The van der Waals surface area contributed by atoms with Crippen LogP contribution in [-0.4, -0.2) is 165 Å². The minimum absolute atomic E-state index is 0.00632. The molecule has 2 heterocycles. The van der Waals surface area contributed by atoms with Gasteiger partial charge in [0, 0.05) is 51.0 Å². The number of phenols is 2. The van der Waals surface area contributed by atoms with E-state index in [-0.39, 0.29) is 101 Å². The molecule has 17 N–H and O–H groups in total. The van der Waals surface area contributed by atoms with Gasteiger partial charge in [-0.25, -0.2) is 0 Å². The molecule has 2 aromatic rings. The second-order valence-electron chi connectivity index (χ2n) is 19.6. The van der Waals surface area contributed by atoms with Crippen LogP contribution in [0.2, 0.25) is 0 Å². The second kappa shape index (κ2) is 31.0. The van der Waals surface area contributed by atoms with E-state index in [2.05, 4.69) is 36.9 Å². The van der Waals surface area contributed by atoms with Crippen molar-refractivity contribution in [3.05, 3.63) is 71.8 Å². The fraction of sp³-hybridized carbons (Fsp3) is 0.500. The van der Waals surface area contributed by atoms with Crippen molar-refractivity contribution in [3.8, 4) is 11.5 Å². The van der Waals surface area contributed by atoms with Gasteiger partial charge in [0.05, 0.1) is 6.42 Å². The van der Waals surface area contributed by atoms with E-state index in [1.807, 2.05) is 0 Å². The average Bonchev–Trinajstić information content (AvgIpc) is 4.03. The van der Waals surface area contributed by atoms with E-state index in [0.717, 1.165) is 17.1 Å². The molecule has 0 unspecified atom stereocenters. The first-order valence-electron chi connectivity index (χ1n) is 25.9. The molecule has 2 aliphatic heterocycles. The molecule has 430 valence electrons. The summed E-state index contributed by atoms with van der Waals surface area (Å²) in [5.74, 6) is -10.2. The standard InChI is InChI=1S/C52H73N13O14/c1-29(2)25-37(48(76)62-38(27-31-12-16-33(67)17-13-31)49(77)63-39(28-44(71)72)50(78)60-36(45(54)73)26-30-10-14-32(66)15-11-30)61-47(75)34(7-3-4-21-53)58-46(74)35(8-5-22-57-52(55)56)59-51(79)40-9-6-23-64(40)43(70)20-24-65-41(68)18-19-42(65)69/h10-19,29,34-40,66-67H,3-9,20-28,53H2,1-2H3,(H2,54,73)(H,58,74)(H,59,79)(H,60,78)(H,61,75)(H,62,76)(H,63,77)(H,71,72)(H4,55,56,57)/t34-,35-,36-,37-,38-,39-,40-/m0/s1. The number of hydrogen-bond donors (Lipinski definition) is 13. The predicted octanol–water partition coefficient (Wildman–Crippen LogP) is -2.71. The summed E-state index contributed by atoms with van der Waals surface area (Å²) in [5.41, 5.74) is 23.2. The van der Waals surface area contributed by atoms with Crippen LogP contribution in [0.5, 0.6) is 11.5 Å². The Morgan fingerprint density at radius 3 is 1.67 bits per heavy atom. The first-order chi connectivity index (χ1) is 37.4. The SMILES string of the molecule is CC(C)C[C@H](NC(=O)[C@H](CCCCN)NC(=O)[C@H](CCCN=C(N)N)NC(=O)[C@@H]1CCCN1C(=O)CCN1C(=O)C=CC1=O)C(=O)N[C@@H](Cc1ccc(O)cc1)C(=O)N[C@@H](CC(=O)O)C(=O)N[C@@H](Cc1ccc(O)cc1)C(N)=O. The maximum absolute atomic E-state index is 14.4. The van der Waals surface area contributed by atoms with Crippen molar-refractivity contribution in [2.45, 2.75) is 133 Å². The van der Waals surface area contributed by atoms with Gasteiger partial charge in [0.15, 0.2) is 5.96 Å². The maximum Gasteiger partial charge on any atom is 0.305 e. The maximum atomic E-state index is 14.4. The molecule has 2 aliphatic rings. The molecule has 1 saturated heterocycles. The van der Waals surface area contributed by atoms with E-state index in [9.17, 15) is 68.1 Å². The molecule has 27 heteroatoms. The Bertz CT molecular complexity index is 2550. The van der Waals surface area contributed by atoms with Gasteiger partial charge in [0.2, 0.25) is 47.3 Å². The highest BCUT2D eigenvalue weighted by molar-refractivity contribution is 6.13. The number of rotatable bonds is 32. The molecule has 0 spiro atoms. The molecule has 2 aromatic carbocycles. The number of guanidine groups is 1. The molecule has 1 fully saturated rings. The number of phenolic OH excluding ortho intramolecular Hbond substituents is 2. The molecule has 0 radical (unpaired) electrons. The van der Waals surface area contributed by atoms with Gasteiger partial charge in [-0.05, 0) is 99.2 Å². The molecule has 7 atom stereocenters. The lowest BCUT2D eigenvalue weighted by molar-refractivity contribution is -0.142. The lowest BCUT2D eigenvalue weighted by Gasteiger charge is -2.29. The lowest BCUT2D eigenvalue weighted by atomic mass is 9.99. The van der Waals surface area contributed by atoms with Gasteiger partial charge in [0.1, 0.15) is 53.8 Å². The summed E-state index contributed by atoms with van der Waals surface area (Å²) in [6, 6.07) is 1.37. The van der Waals surface area contributed by atoms with E-state index in [1.54, 1.807) is 13.8 Å². The van der Waals surface area contributed by atoms with E-state index in [4.69, 9.17) is 22.9 Å². The number of aromatic hydroxyl groups is 2. The summed E-state index contributed by atoms with van der Waals surface area (Å²) < 4.78 is 0. The minimum atomic E-state index is -1.82. The number of likely N-dealkylation sites (tertiary alicyclic amines) is 1. The first kappa shape index (κ1) is 62.9. The highest BCUT2D eigenvalue weighted by Crippen LogP contribution is 2.21.